The Hall–Kier alpha value is -3.00. The minimum Gasteiger partial charge on any atom is -0.493 e. The smallest absolute Gasteiger partial charge is 0.287 e. The molecule has 29 heavy (non-hydrogen) atoms. The predicted octanol–water partition coefficient (Wildman–Crippen LogP) is 2.10. The predicted molar refractivity (Wildman–Crippen MR) is 112 cm³/mol. The van der Waals surface area contributed by atoms with Gasteiger partial charge in [-0.1, -0.05) is 12.1 Å². The molecule has 158 valence electrons. The fourth-order valence-electron chi connectivity index (χ4n) is 2.58. The summed E-state index contributed by atoms with van der Waals surface area (Å²) in [7, 11) is 3.39. The van der Waals surface area contributed by atoms with Gasteiger partial charge in [0.15, 0.2) is 11.7 Å². The van der Waals surface area contributed by atoms with Crippen molar-refractivity contribution in [1.29, 1.82) is 0 Å². The molecule has 1 aromatic heterocycles. The standard InChI is InChI=1S/C21H30N4O4/c1-16-7-8-17(19(14-16)29-13-5-11-27-3)15-25-21(22-2)24-10-9-23-20(26)18-6-4-12-28-18/h4,6-8,12,14H,5,9-11,13,15H2,1-3H3,(H,23,26)(H2,22,24,25). The maximum absolute atomic E-state index is 11.8. The van der Waals surface area contributed by atoms with Gasteiger partial charge >= 0.3 is 0 Å². The number of aryl methyl sites for hydroxylation is 1. The van der Waals surface area contributed by atoms with Crippen molar-refractivity contribution in [2.24, 2.45) is 4.99 Å². The molecule has 8 nitrogen and oxygen atoms in total. The number of methoxy groups -OCH3 is 1. The van der Waals surface area contributed by atoms with E-state index in [4.69, 9.17) is 13.9 Å². The van der Waals surface area contributed by atoms with E-state index in [1.807, 2.05) is 19.1 Å². The van der Waals surface area contributed by atoms with Gasteiger partial charge in [0.2, 0.25) is 0 Å². The Balaban J connectivity index is 1.77. The molecule has 0 fully saturated rings. The largest absolute Gasteiger partial charge is 0.493 e. The number of amides is 1. The number of furan rings is 1. The van der Waals surface area contributed by atoms with Crippen LogP contribution < -0.4 is 20.7 Å². The van der Waals surface area contributed by atoms with Crippen LogP contribution in [0.25, 0.3) is 0 Å². The second kappa shape index (κ2) is 12.5. The van der Waals surface area contributed by atoms with Crippen LogP contribution in [0.3, 0.4) is 0 Å². The fraction of sp³-hybridized carbons (Fsp3) is 0.429. The molecule has 3 N–H and O–H groups in total. The summed E-state index contributed by atoms with van der Waals surface area (Å²) < 4.78 is 16.0. The highest BCUT2D eigenvalue weighted by Crippen LogP contribution is 2.20. The first-order chi connectivity index (χ1) is 14.1. The second-order valence-corrected chi connectivity index (χ2v) is 6.39. The third-order valence-electron chi connectivity index (χ3n) is 4.09. The summed E-state index contributed by atoms with van der Waals surface area (Å²) >= 11 is 0. The van der Waals surface area contributed by atoms with Crippen LogP contribution in [0, 0.1) is 6.92 Å². The second-order valence-electron chi connectivity index (χ2n) is 6.39. The van der Waals surface area contributed by atoms with E-state index >= 15 is 0 Å². The molecule has 0 saturated carbocycles. The Morgan fingerprint density at radius 2 is 1.97 bits per heavy atom. The van der Waals surface area contributed by atoms with Crippen LogP contribution in [0.1, 0.15) is 28.1 Å². The number of carbonyl (C=O) groups is 1. The zero-order valence-electron chi connectivity index (χ0n) is 17.3. The number of carbonyl (C=O) groups excluding carboxylic acids is 1. The summed E-state index contributed by atoms with van der Waals surface area (Å²) in [6.07, 6.45) is 2.31. The summed E-state index contributed by atoms with van der Waals surface area (Å²) in [5.41, 5.74) is 2.19. The van der Waals surface area contributed by atoms with Gasteiger partial charge in [-0.05, 0) is 30.7 Å². The van der Waals surface area contributed by atoms with Gasteiger partial charge in [0.25, 0.3) is 5.91 Å². The molecule has 2 rings (SSSR count). The van der Waals surface area contributed by atoms with Gasteiger partial charge in [-0.3, -0.25) is 9.79 Å². The van der Waals surface area contributed by atoms with Crippen molar-refractivity contribution in [2.45, 2.75) is 19.9 Å². The first-order valence-corrected chi connectivity index (χ1v) is 9.61. The summed E-state index contributed by atoms with van der Waals surface area (Å²) in [5, 5.41) is 9.21. The van der Waals surface area contributed by atoms with Gasteiger partial charge in [-0.2, -0.15) is 0 Å². The average molecular weight is 402 g/mol. The topological polar surface area (TPSA) is 97.1 Å². The van der Waals surface area contributed by atoms with Crippen molar-refractivity contribution in [3.05, 3.63) is 53.5 Å². The number of benzene rings is 1. The van der Waals surface area contributed by atoms with E-state index in [0.29, 0.717) is 44.6 Å². The van der Waals surface area contributed by atoms with Crippen LogP contribution in [-0.4, -0.2) is 52.3 Å². The number of nitrogens with one attached hydrogen (secondary N) is 3. The highest BCUT2D eigenvalue weighted by molar-refractivity contribution is 5.91. The summed E-state index contributed by atoms with van der Waals surface area (Å²) in [4.78, 5) is 16.0. The van der Waals surface area contributed by atoms with Crippen molar-refractivity contribution < 1.29 is 18.7 Å². The maximum Gasteiger partial charge on any atom is 0.287 e. The third kappa shape index (κ3) is 7.87. The van der Waals surface area contributed by atoms with Gasteiger partial charge in [-0.15, -0.1) is 0 Å². The van der Waals surface area contributed by atoms with Gasteiger partial charge in [0.1, 0.15) is 5.75 Å². The molecular formula is C21H30N4O4. The normalized spacial score (nSPS) is 11.2. The van der Waals surface area contributed by atoms with Crippen LogP contribution in [-0.2, 0) is 11.3 Å². The Kier molecular flexibility index (Phi) is 9.57. The molecule has 1 aromatic carbocycles. The first kappa shape index (κ1) is 22.3. The molecule has 0 atom stereocenters. The lowest BCUT2D eigenvalue weighted by molar-refractivity contribution is 0.0926. The number of nitrogens with zero attached hydrogens (tertiary/aromatic N) is 1. The number of aliphatic imine (C=N–C) groups is 1. The van der Waals surface area contributed by atoms with Crippen LogP contribution in [0.4, 0.5) is 0 Å². The number of guanidine groups is 1. The molecule has 0 bridgehead atoms. The van der Waals surface area contributed by atoms with Gasteiger partial charge in [0, 0.05) is 52.4 Å². The highest BCUT2D eigenvalue weighted by Gasteiger charge is 2.08. The van der Waals surface area contributed by atoms with E-state index in [1.54, 1.807) is 26.3 Å². The SMILES string of the molecule is CN=C(NCCNC(=O)c1ccco1)NCc1ccc(C)cc1OCCCOC. The van der Waals surface area contributed by atoms with Gasteiger partial charge < -0.3 is 29.8 Å². The van der Waals surface area contributed by atoms with Crippen molar-refractivity contribution >= 4 is 11.9 Å². The number of rotatable bonds is 11. The lowest BCUT2D eigenvalue weighted by Gasteiger charge is -2.15. The number of hydrogen-bond acceptors (Lipinski definition) is 5. The molecule has 2 aromatic rings. The van der Waals surface area contributed by atoms with Crippen molar-refractivity contribution in [3.8, 4) is 5.75 Å². The van der Waals surface area contributed by atoms with Crippen LogP contribution >= 0.6 is 0 Å². The number of hydrogen-bond donors (Lipinski definition) is 3. The average Bonchev–Trinajstić information content (AvgIpc) is 3.26. The summed E-state index contributed by atoms with van der Waals surface area (Å²) in [6, 6.07) is 9.44. The maximum atomic E-state index is 11.8. The van der Waals surface area contributed by atoms with Crippen molar-refractivity contribution in [3.63, 3.8) is 0 Å². The van der Waals surface area contributed by atoms with Gasteiger partial charge in [-0.25, -0.2) is 0 Å². The van der Waals surface area contributed by atoms with Crippen molar-refractivity contribution in [1.82, 2.24) is 16.0 Å². The van der Waals surface area contributed by atoms with E-state index in [2.05, 4.69) is 27.0 Å². The molecule has 0 aliphatic carbocycles. The van der Waals surface area contributed by atoms with Crippen LogP contribution in [0.15, 0.2) is 46.0 Å². The Bertz CT molecular complexity index is 775. The third-order valence-corrected chi connectivity index (χ3v) is 4.09. The Morgan fingerprint density at radius 1 is 1.14 bits per heavy atom. The molecule has 0 saturated heterocycles. The zero-order chi connectivity index (χ0) is 20.9. The van der Waals surface area contributed by atoms with E-state index in [9.17, 15) is 4.79 Å². The molecule has 0 unspecified atom stereocenters. The van der Waals surface area contributed by atoms with Crippen LogP contribution in [0.5, 0.6) is 5.75 Å². The quantitative estimate of drug-likeness (QED) is 0.303. The van der Waals surface area contributed by atoms with Gasteiger partial charge in [0.05, 0.1) is 12.9 Å². The molecule has 8 heteroatoms. The first-order valence-electron chi connectivity index (χ1n) is 9.61. The van der Waals surface area contributed by atoms with E-state index in [-0.39, 0.29) is 5.91 Å². The minimum atomic E-state index is -0.241. The molecule has 0 spiro atoms. The zero-order valence-corrected chi connectivity index (χ0v) is 17.3. The number of ether oxygens (including phenoxy) is 2. The Labute approximate surface area is 171 Å². The molecule has 1 heterocycles. The van der Waals surface area contributed by atoms with E-state index < -0.39 is 0 Å². The van der Waals surface area contributed by atoms with Crippen molar-refractivity contribution in [2.75, 3.05) is 40.5 Å². The monoisotopic (exact) mass is 402 g/mol. The highest BCUT2D eigenvalue weighted by atomic mass is 16.5. The van der Waals surface area contributed by atoms with Crippen LogP contribution in [0.2, 0.25) is 0 Å². The summed E-state index contributed by atoms with van der Waals surface area (Å²) in [5.74, 6) is 1.55. The Morgan fingerprint density at radius 3 is 2.69 bits per heavy atom. The fourth-order valence-corrected chi connectivity index (χ4v) is 2.58. The van der Waals surface area contributed by atoms with E-state index in [0.717, 1.165) is 23.3 Å². The lowest BCUT2D eigenvalue weighted by atomic mass is 10.1. The molecule has 1 amide bonds. The molecule has 0 aliphatic rings. The lowest BCUT2D eigenvalue weighted by Crippen LogP contribution is -2.41. The summed E-state index contributed by atoms with van der Waals surface area (Å²) in [6.45, 7) is 4.85. The molecule has 0 aliphatic heterocycles. The minimum absolute atomic E-state index is 0.241. The molecule has 0 radical (unpaired) electrons. The molecular weight excluding hydrogens is 372 g/mol. The van der Waals surface area contributed by atoms with E-state index in [1.165, 1.54) is 6.26 Å².